The van der Waals surface area contributed by atoms with Crippen LogP contribution >= 0.6 is 11.3 Å². The molecule has 1 aromatic heterocycles. The van der Waals surface area contributed by atoms with Crippen LogP contribution in [0.1, 0.15) is 23.8 Å². The van der Waals surface area contributed by atoms with Crippen molar-refractivity contribution in [3.8, 4) is 5.75 Å². The van der Waals surface area contributed by atoms with E-state index in [1.807, 2.05) is 73.0 Å². The summed E-state index contributed by atoms with van der Waals surface area (Å²) in [5.74, 6) is 0.475. The van der Waals surface area contributed by atoms with Crippen LogP contribution in [0.2, 0.25) is 0 Å². The number of carbonyl (C=O) groups is 2. The van der Waals surface area contributed by atoms with E-state index >= 15 is 0 Å². The lowest BCUT2D eigenvalue weighted by atomic mass is 10.2. The summed E-state index contributed by atoms with van der Waals surface area (Å²) in [7, 11) is 1.62. The summed E-state index contributed by atoms with van der Waals surface area (Å²) in [6, 6.07) is 20.8. The number of methoxy groups -OCH3 is 1. The number of para-hydroxylation sites is 2. The van der Waals surface area contributed by atoms with Gasteiger partial charge in [0, 0.05) is 31.7 Å². The molecule has 0 atom stereocenters. The third kappa shape index (κ3) is 8.42. The number of thiophene rings is 1. The van der Waals surface area contributed by atoms with E-state index in [1.165, 1.54) is 4.90 Å². The second-order valence-electron chi connectivity index (χ2n) is 7.94. The number of anilines is 1. The largest absolute Gasteiger partial charge is 0.492 e. The van der Waals surface area contributed by atoms with Gasteiger partial charge in [-0.2, -0.15) is 0 Å². The fourth-order valence-corrected chi connectivity index (χ4v) is 4.31. The van der Waals surface area contributed by atoms with E-state index in [2.05, 4.69) is 5.32 Å². The van der Waals surface area contributed by atoms with Crippen molar-refractivity contribution in [2.45, 2.75) is 26.4 Å². The molecule has 0 aliphatic carbocycles. The Morgan fingerprint density at radius 2 is 1.71 bits per heavy atom. The Labute approximate surface area is 211 Å². The Balaban J connectivity index is 1.75. The van der Waals surface area contributed by atoms with Gasteiger partial charge in [0.05, 0.1) is 18.8 Å². The van der Waals surface area contributed by atoms with E-state index in [0.29, 0.717) is 50.7 Å². The van der Waals surface area contributed by atoms with Crippen molar-refractivity contribution in [3.05, 3.63) is 82.6 Å². The Morgan fingerprint density at radius 3 is 2.43 bits per heavy atom. The van der Waals surface area contributed by atoms with Crippen LogP contribution in [0, 0.1) is 0 Å². The Bertz CT molecular complexity index is 1040. The van der Waals surface area contributed by atoms with Crippen LogP contribution in [-0.2, 0) is 22.6 Å². The fourth-order valence-electron chi connectivity index (χ4n) is 3.59. The van der Waals surface area contributed by atoms with E-state index in [-0.39, 0.29) is 18.5 Å². The van der Waals surface area contributed by atoms with Gasteiger partial charge in [0.25, 0.3) is 0 Å². The minimum Gasteiger partial charge on any atom is -0.492 e. The van der Waals surface area contributed by atoms with Crippen LogP contribution in [0.4, 0.5) is 10.5 Å². The lowest BCUT2D eigenvalue weighted by Crippen LogP contribution is -2.44. The van der Waals surface area contributed by atoms with Crippen LogP contribution in [0.15, 0.2) is 72.1 Å². The summed E-state index contributed by atoms with van der Waals surface area (Å²) in [4.78, 5) is 31.2. The smallest absolute Gasteiger partial charge is 0.322 e. The van der Waals surface area contributed by atoms with Crippen LogP contribution in [0.25, 0.3) is 0 Å². The van der Waals surface area contributed by atoms with E-state index in [4.69, 9.17) is 9.47 Å². The van der Waals surface area contributed by atoms with Crippen LogP contribution in [-0.4, -0.2) is 55.2 Å². The first kappa shape index (κ1) is 26.2. The second kappa shape index (κ2) is 14.1. The van der Waals surface area contributed by atoms with Gasteiger partial charge in [-0.15, -0.1) is 11.3 Å². The number of hydrogen-bond acceptors (Lipinski definition) is 5. The van der Waals surface area contributed by atoms with Crippen molar-refractivity contribution >= 4 is 29.0 Å². The van der Waals surface area contributed by atoms with Gasteiger partial charge in [0.1, 0.15) is 12.3 Å². The van der Waals surface area contributed by atoms with Gasteiger partial charge in [0.2, 0.25) is 5.91 Å². The summed E-state index contributed by atoms with van der Waals surface area (Å²) in [6.07, 6.45) is 0.619. The van der Waals surface area contributed by atoms with Gasteiger partial charge < -0.3 is 24.6 Å². The predicted octanol–water partition coefficient (Wildman–Crippen LogP) is 5.25. The zero-order valence-corrected chi connectivity index (χ0v) is 21.1. The Morgan fingerprint density at radius 1 is 0.943 bits per heavy atom. The minimum absolute atomic E-state index is 0.0371. The topological polar surface area (TPSA) is 71.1 Å². The molecule has 0 unspecified atom stereocenters. The van der Waals surface area contributed by atoms with E-state index < -0.39 is 0 Å². The van der Waals surface area contributed by atoms with Crippen molar-refractivity contribution in [1.29, 1.82) is 0 Å². The van der Waals surface area contributed by atoms with Gasteiger partial charge in [-0.05, 0) is 42.5 Å². The highest BCUT2D eigenvalue weighted by Crippen LogP contribution is 2.24. The summed E-state index contributed by atoms with van der Waals surface area (Å²) in [6.45, 7) is 4.19. The third-order valence-corrected chi connectivity index (χ3v) is 6.18. The highest BCUT2D eigenvalue weighted by Gasteiger charge is 2.23. The molecule has 0 saturated heterocycles. The monoisotopic (exact) mass is 495 g/mol. The average Bonchev–Trinajstić information content (AvgIpc) is 3.38. The number of benzene rings is 2. The molecule has 8 heteroatoms. The third-order valence-electron chi connectivity index (χ3n) is 5.31. The molecule has 2 aromatic carbocycles. The summed E-state index contributed by atoms with van der Waals surface area (Å²) >= 11 is 1.61. The molecule has 0 radical (unpaired) electrons. The summed E-state index contributed by atoms with van der Waals surface area (Å²) < 4.78 is 10.8. The molecule has 0 aliphatic rings. The first-order valence-corrected chi connectivity index (χ1v) is 12.6. The number of nitrogens with zero attached hydrogens (tertiary/aromatic N) is 2. The standard InChI is InChI=1S/C27H33N3O4S/c1-3-34-25-15-8-7-14-24(25)28-27(32)29(16-10-17-33-2)21-26(31)30(20-23-13-9-18-35-23)19-22-11-5-4-6-12-22/h4-9,11-15,18H,3,10,16-17,19-21H2,1-2H3,(H,28,32). The van der Waals surface area contributed by atoms with E-state index in [9.17, 15) is 9.59 Å². The maximum atomic E-state index is 13.5. The molecule has 7 nitrogen and oxygen atoms in total. The van der Waals surface area contributed by atoms with Crippen LogP contribution in [0.3, 0.4) is 0 Å². The number of ether oxygens (including phenoxy) is 2. The van der Waals surface area contributed by atoms with Crippen molar-refractivity contribution in [3.63, 3.8) is 0 Å². The first-order chi connectivity index (χ1) is 17.1. The number of rotatable bonds is 13. The van der Waals surface area contributed by atoms with Gasteiger partial charge in [-0.1, -0.05) is 48.5 Å². The molecular weight excluding hydrogens is 462 g/mol. The molecule has 1 N–H and O–H groups in total. The number of nitrogens with one attached hydrogen (secondary N) is 1. The highest BCUT2D eigenvalue weighted by atomic mass is 32.1. The number of carbonyl (C=O) groups excluding carboxylic acids is 2. The summed E-state index contributed by atoms with van der Waals surface area (Å²) in [5, 5.41) is 4.92. The SMILES string of the molecule is CCOc1ccccc1NC(=O)N(CCCOC)CC(=O)N(Cc1ccccc1)Cc1cccs1. The molecule has 0 bridgehead atoms. The zero-order chi connectivity index (χ0) is 24.9. The Hall–Kier alpha value is -3.36. The molecule has 35 heavy (non-hydrogen) atoms. The Kier molecular flexibility index (Phi) is 10.6. The average molecular weight is 496 g/mol. The molecule has 186 valence electrons. The minimum atomic E-state index is -0.350. The van der Waals surface area contributed by atoms with Crippen molar-refractivity contribution in [1.82, 2.24) is 9.80 Å². The predicted molar refractivity (Wildman–Crippen MR) is 140 cm³/mol. The van der Waals surface area contributed by atoms with Crippen LogP contribution in [0.5, 0.6) is 5.75 Å². The number of amides is 3. The van der Waals surface area contributed by atoms with Gasteiger partial charge >= 0.3 is 6.03 Å². The molecule has 3 amide bonds. The van der Waals surface area contributed by atoms with Crippen molar-refractivity contribution < 1.29 is 19.1 Å². The zero-order valence-electron chi connectivity index (χ0n) is 20.3. The van der Waals surface area contributed by atoms with Crippen molar-refractivity contribution in [2.75, 3.05) is 38.7 Å². The maximum absolute atomic E-state index is 13.5. The van der Waals surface area contributed by atoms with Crippen molar-refractivity contribution in [2.24, 2.45) is 0 Å². The normalized spacial score (nSPS) is 10.6. The number of hydrogen-bond donors (Lipinski definition) is 1. The quantitative estimate of drug-likeness (QED) is 0.329. The molecule has 0 saturated carbocycles. The highest BCUT2D eigenvalue weighted by molar-refractivity contribution is 7.09. The van der Waals surface area contributed by atoms with E-state index in [1.54, 1.807) is 29.4 Å². The molecule has 0 spiro atoms. The molecule has 3 aromatic rings. The number of urea groups is 1. The fraction of sp³-hybridized carbons (Fsp3) is 0.333. The van der Waals surface area contributed by atoms with Gasteiger partial charge in [0.15, 0.2) is 0 Å². The lowest BCUT2D eigenvalue weighted by molar-refractivity contribution is -0.133. The van der Waals surface area contributed by atoms with Crippen LogP contribution < -0.4 is 10.1 Å². The maximum Gasteiger partial charge on any atom is 0.322 e. The lowest BCUT2D eigenvalue weighted by Gasteiger charge is -2.28. The second-order valence-corrected chi connectivity index (χ2v) is 8.97. The molecular formula is C27H33N3O4S. The summed E-state index contributed by atoms with van der Waals surface area (Å²) in [5.41, 5.74) is 1.61. The molecule has 0 fully saturated rings. The first-order valence-electron chi connectivity index (χ1n) is 11.7. The van der Waals surface area contributed by atoms with E-state index in [0.717, 1.165) is 10.4 Å². The van der Waals surface area contributed by atoms with Gasteiger partial charge in [-0.3, -0.25) is 4.79 Å². The molecule has 1 heterocycles. The molecule has 0 aliphatic heterocycles. The molecule has 3 rings (SSSR count). The van der Waals surface area contributed by atoms with Gasteiger partial charge in [-0.25, -0.2) is 4.79 Å².